The van der Waals surface area contributed by atoms with E-state index in [0.29, 0.717) is 19.0 Å². The molecular weight excluding hydrogens is 386 g/mol. The number of nitrogens with one attached hydrogen (secondary N) is 1. The van der Waals surface area contributed by atoms with Crippen LogP contribution in [0.2, 0.25) is 0 Å². The number of nitrogens with zero attached hydrogens (tertiary/aromatic N) is 4. The standard InChI is InChI=1S/C21H29N5O2S/c1-17(2)14-26-20(15-25(3)10-9-19-11-23-24-12-19)13-22-21(26)29(27,28)16-18-7-5-4-6-8-18/h4-8,11-13,17H,9-10,14-16H2,1-3H3,(H,23,24). The lowest BCUT2D eigenvalue weighted by Crippen LogP contribution is -2.24. The molecule has 0 spiro atoms. The zero-order valence-corrected chi connectivity index (χ0v) is 18.1. The number of H-pyrrole nitrogens is 1. The molecule has 0 saturated carbocycles. The SMILES string of the molecule is CC(C)Cn1c(CN(C)CCc2cn[nH]c2)cnc1S(=O)(=O)Cc1ccccc1. The molecule has 0 aliphatic carbocycles. The van der Waals surface area contributed by atoms with E-state index in [2.05, 4.69) is 33.9 Å². The van der Waals surface area contributed by atoms with Crippen LogP contribution in [0.5, 0.6) is 0 Å². The Kier molecular flexibility index (Phi) is 6.87. The van der Waals surface area contributed by atoms with Crippen molar-refractivity contribution in [1.82, 2.24) is 24.6 Å². The number of sulfone groups is 1. The Balaban J connectivity index is 1.78. The molecule has 0 atom stereocenters. The molecule has 0 bridgehead atoms. The second-order valence-corrected chi connectivity index (χ2v) is 9.76. The Morgan fingerprint density at radius 3 is 2.55 bits per heavy atom. The summed E-state index contributed by atoms with van der Waals surface area (Å²) in [7, 11) is -1.50. The molecule has 0 unspecified atom stereocenters. The van der Waals surface area contributed by atoms with Gasteiger partial charge in [-0.05, 0) is 30.5 Å². The Labute approximate surface area is 172 Å². The van der Waals surface area contributed by atoms with Crippen LogP contribution in [0.25, 0.3) is 0 Å². The minimum Gasteiger partial charge on any atom is -0.317 e. The van der Waals surface area contributed by atoms with Gasteiger partial charge in [-0.1, -0.05) is 44.2 Å². The van der Waals surface area contributed by atoms with E-state index in [1.165, 1.54) is 0 Å². The highest BCUT2D eigenvalue weighted by Gasteiger charge is 2.24. The molecule has 0 radical (unpaired) electrons. The molecule has 156 valence electrons. The Bertz CT molecular complexity index is 995. The minimum absolute atomic E-state index is 0.0429. The number of aromatic nitrogens is 4. The molecule has 7 nitrogen and oxygen atoms in total. The van der Waals surface area contributed by atoms with Crippen molar-refractivity contribution in [2.45, 2.75) is 44.3 Å². The summed E-state index contributed by atoms with van der Waals surface area (Å²) < 4.78 is 28.0. The van der Waals surface area contributed by atoms with Gasteiger partial charge in [0.05, 0.1) is 23.8 Å². The van der Waals surface area contributed by atoms with Crippen LogP contribution in [0, 0.1) is 5.92 Å². The van der Waals surface area contributed by atoms with Gasteiger partial charge in [-0.15, -0.1) is 0 Å². The Morgan fingerprint density at radius 1 is 1.14 bits per heavy atom. The normalized spacial score (nSPS) is 12.2. The quantitative estimate of drug-likeness (QED) is 0.550. The van der Waals surface area contributed by atoms with Gasteiger partial charge in [-0.2, -0.15) is 5.10 Å². The highest BCUT2D eigenvalue weighted by molar-refractivity contribution is 7.90. The molecule has 29 heavy (non-hydrogen) atoms. The van der Waals surface area contributed by atoms with E-state index in [1.54, 1.807) is 6.20 Å². The van der Waals surface area contributed by atoms with Gasteiger partial charge in [0, 0.05) is 25.8 Å². The lowest BCUT2D eigenvalue weighted by Gasteiger charge is -2.19. The molecule has 1 N–H and O–H groups in total. The maximum atomic E-state index is 13.1. The molecule has 8 heteroatoms. The van der Waals surface area contributed by atoms with Crippen molar-refractivity contribution in [2.75, 3.05) is 13.6 Å². The second-order valence-electron chi connectivity index (χ2n) is 7.88. The molecule has 1 aromatic carbocycles. The average molecular weight is 416 g/mol. The van der Waals surface area contributed by atoms with Crippen molar-refractivity contribution >= 4 is 9.84 Å². The van der Waals surface area contributed by atoms with E-state index in [4.69, 9.17) is 0 Å². The third-order valence-electron chi connectivity index (χ3n) is 4.70. The smallest absolute Gasteiger partial charge is 0.228 e. The largest absolute Gasteiger partial charge is 0.317 e. The third-order valence-corrected chi connectivity index (χ3v) is 6.29. The summed E-state index contributed by atoms with van der Waals surface area (Å²) in [4.78, 5) is 6.51. The molecule has 3 rings (SSSR count). The number of hydrogen-bond donors (Lipinski definition) is 1. The molecule has 0 aliphatic rings. The predicted molar refractivity (Wildman–Crippen MR) is 113 cm³/mol. The van der Waals surface area contributed by atoms with Crippen LogP contribution in [0.15, 0.2) is 54.1 Å². The van der Waals surface area contributed by atoms with Gasteiger partial charge < -0.3 is 9.47 Å². The number of aromatic amines is 1. The van der Waals surface area contributed by atoms with Crippen LogP contribution >= 0.6 is 0 Å². The summed E-state index contributed by atoms with van der Waals surface area (Å²) in [6.45, 7) is 6.27. The van der Waals surface area contributed by atoms with Gasteiger partial charge in [0.2, 0.25) is 15.0 Å². The number of hydrogen-bond acceptors (Lipinski definition) is 5. The molecule has 3 aromatic rings. The zero-order valence-electron chi connectivity index (χ0n) is 17.2. The van der Waals surface area contributed by atoms with Crippen LogP contribution in [0.1, 0.15) is 30.7 Å². The fourth-order valence-electron chi connectivity index (χ4n) is 3.27. The van der Waals surface area contributed by atoms with E-state index in [1.807, 2.05) is 54.3 Å². The van der Waals surface area contributed by atoms with Crippen LogP contribution in [-0.2, 0) is 35.1 Å². The Hall–Kier alpha value is -2.45. The molecule has 0 amide bonds. The first-order valence-electron chi connectivity index (χ1n) is 9.82. The van der Waals surface area contributed by atoms with Gasteiger partial charge in [0.15, 0.2) is 0 Å². The van der Waals surface area contributed by atoms with E-state index in [0.717, 1.165) is 29.8 Å². The van der Waals surface area contributed by atoms with Crippen LogP contribution < -0.4 is 0 Å². The molecule has 0 saturated heterocycles. The summed E-state index contributed by atoms with van der Waals surface area (Å²) in [5, 5.41) is 6.96. The number of rotatable bonds is 10. The molecular formula is C21H29N5O2S. The van der Waals surface area contributed by atoms with Crippen molar-refractivity contribution in [1.29, 1.82) is 0 Å². The summed E-state index contributed by atoms with van der Waals surface area (Å²) in [6.07, 6.45) is 6.30. The fourth-order valence-corrected chi connectivity index (χ4v) is 4.78. The maximum Gasteiger partial charge on any atom is 0.228 e. The van der Waals surface area contributed by atoms with E-state index in [9.17, 15) is 8.42 Å². The summed E-state index contributed by atoms with van der Waals surface area (Å²) >= 11 is 0. The first-order chi connectivity index (χ1) is 13.8. The second kappa shape index (κ2) is 9.37. The predicted octanol–water partition coefficient (Wildman–Crippen LogP) is 2.91. The van der Waals surface area contributed by atoms with Crippen molar-refractivity contribution in [3.05, 3.63) is 65.7 Å². The average Bonchev–Trinajstić information content (AvgIpc) is 3.31. The van der Waals surface area contributed by atoms with Gasteiger partial charge in [-0.25, -0.2) is 13.4 Å². The summed E-state index contributed by atoms with van der Waals surface area (Å²) in [5.74, 6) is 0.267. The lowest BCUT2D eigenvalue weighted by molar-refractivity contribution is 0.315. The van der Waals surface area contributed by atoms with Crippen molar-refractivity contribution in [3.63, 3.8) is 0 Å². The molecule has 0 aliphatic heterocycles. The number of imidazole rings is 1. The highest BCUT2D eigenvalue weighted by atomic mass is 32.2. The van der Waals surface area contributed by atoms with Gasteiger partial charge in [0.1, 0.15) is 0 Å². The lowest BCUT2D eigenvalue weighted by atomic mass is 10.2. The van der Waals surface area contributed by atoms with Gasteiger partial charge in [0.25, 0.3) is 0 Å². The fraction of sp³-hybridized carbons (Fsp3) is 0.429. The molecule has 2 heterocycles. The van der Waals surface area contributed by atoms with Gasteiger partial charge >= 0.3 is 0 Å². The van der Waals surface area contributed by atoms with Crippen molar-refractivity contribution < 1.29 is 8.42 Å². The third kappa shape index (κ3) is 5.77. The number of likely N-dealkylation sites (N-methyl/N-ethyl adjacent to an activating group) is 1. The highest BCUT2D eigenvalue weighted by Crippen LogP contribution is 2.20. The van der Waals surface area contributed by atoms with Crippen LogP contribution in [0.3, 0.4) is 0 Å². The van der Waals surface area contributed by atoms with Crippen molar-refractivity contribution in [3.8, 4) is 0 Å². The van der Waals surface area contributed by atoms with E-state index in [-0.39, 0.29) is 10.9 Å². The maximum absolute atomic E-state index is 13.1. The summed E-state index contributed by atoms with van der Waals surface area (Å²) in [6, 6.07) is 9.25. The Morgan fingerprint density at radius 2 is 1.90 bits per heavy atom. The molecule has 0 fully saturated rings. The van der Waals surface area contributed by atoms with E-state index >= 15 is 0 Å². The minimum atomic E-state index is -3.53. The monoisotopic (exact) mass is 415 g/mol. The van der Waals surface area contributed by atoms with Gasteiger partial charge in [-0.3, -0.25) is 5.10 Å². The van der Waals surface area contributed by atoms with Crippen molar-refractivity contribution in [2.24, 2.45) is 5.92 Å². The first kappa shape index (κ1) is 21.3. The number of benzene rings is 1. The first-order valence-corrected chi connectivity index (χ1v) is 11.5. The topological polar surface area (TPSA) is 83.9 Å². The molecule has 2 aromatic heterocycles. The zero-order chi connectivity index (χ0) is 20.9. The van der Waals surface area contributed by atoms with E-state index < -0.39 is 9.84 Å². The van der Waals surface area contributed by atoms with Crippen LogP contribution in [-0.4, -0.2) is 46.7 Å². The summed E-state index contributed by atoms with van der Waals surface area (Å²) in [5.41, 5.74) is 2.84. The van der Waals surface area contributed by atoms with Crippen LogP contribution in [0.4, 0.5) is 0 Å².